The number of rotatable bonds is 7. The Balaban J connectivity index is 1.52. The Morgan fingerprint density at radius 2 is 1.87 bits per heavy atom. The van der Waals surface area contributed by atoms with Gasteiger partial charge in [0.05, 0.1) is 28.7 Å². The molecule has 5 aromatic rings. The van der Waals surface area contributed by atoms with Crippen molar-refractivity contribution in [3.63, 3.8) is 0 Å². The number of ether oxygens (including phenoxy) is 1. The molecule has 0 spiro atoms. The van der Waals surface area contributed by atoms with Crippen molar-refractivity contribution in [2.24, 2.45) is 14.1 Å². The molecule has 0 atom stereocenters. The second kappa shape index (κ2) is 9.77. The average molecular weight is 512 g/mol. The Labute approximate surface area is 217 Å². The number of pyridine rings is 2. The zero-order valence-corrected chi connectivity index (χ0v) is 21.2. The first-order chi connectivity index (χ1) is 18.2. The fourth-order valence-corrected chi connectivity index (χ4v) is 4.07. The number of hydrogen-bond donors (Lipinski definition) is 2. The van der Waals surface area contributed by atoms with E-state index in [-0.39, 0.29) is 22.9 Å². The lowest BCUT2D eigenvalue weighted by Gasteiger charge is -2.14. The van der Waals surface area contributed by atoms with Crippen molar-refractivity contribution in [1.29, 1.82) is 0 Å². The Kier molecular flexibility index (Phi) is 6.33. The number of nitrogens with one attached hydrogen (secondary N) is 1. The van der Waals surface area contributed by atoms with Crippen LogP contribution >= 0.6 is 0 Å². The molecule has 0 saturated heterocycles. The minimum absolute atomic E-state index is 0.0381. The number of carbonyl (C=O) groups is 1. The molecular formula is C27H25N7O4. The molecule has 0 bridgehead atoms. The number of benzene rings is 1. The van der Waals surface area contributed by atoms with E-state index in [4.69, 9.17) is 4.74 Å². The normalized spacial score (nSPS) is 11.2. The van der Waals surface area contributed by atoms with Gasteiger partial charge in [-0.3, -0.25) is 19.0 Å². The van der Waals surface area contributed by atoms with Crippen molar-refractivity contribution in [3.8, 4) is 34.0 Å². The number of aromatic carboxylic acids is 1. The topological polar surface area (TPSA) is 137 Å². The minimum Gasteiger partial charge on any atom is -0.478 e. The predicted molar refractivity (Wildman–Crippen MR) is 142 cm³/mol. The number of hydrogen-bond acceptors (Lipinski definition) is 8. The van der Waals surface area contributed by atoms with Crippen LogP contribution in [0.25, 0.3) is 33.4 Å². The fraction of sp³-hybridized carbons (Fsp3) is 0.185. The van der Waals surface area contributed by atoms with Gasteiger partial charge in [0.15, 0.2) is 0 Å². The van der Waals surface area contributed by atoms with Gasteiger partial charge >= 0.3 is 5.97 Å². The van der Waals surface area contributed by atoms with Crippen molar-refractivity contribution in [2.75, 3.05) is 5.32 Å². The number of carboxylic acids is 1. The molecule has 5 rings (SSSR count). The SMILES string of the molecule is CC(C)Nc1ncc(-c2ccc3c(C(=O)O)c(Oc4ccnc(-c5cnn(C)c5)c4)ccc3n2)c(=O)n1C. The third-order valence-electron chi connectivity index (χ3n) is 5.87. The summed E-state index contributed by atoms with van der Waals surface area (Å²) in [5.74, 6) is -0.129. The van der Waals surface area contributed by atoms with Gasteiger partial charge in [-0.2, -0.15) is 5.10 Å². The molecule has 0 aliphatic carbocycles. The van der Waals surface area contributed by atoms with Gasteiger partial charge in [-0.05, 0) is 44.2 Å². The van der Waals surface area contributed by atoms with Crippen LogP contribution in [0.5, 0.6) is 11.5 Å². The molecule has 38 heavy (non-hydrogen) atoms. The number of carboxylic acid groups (broad SMARTS) is 1. The molecule has 192 valence electrons. The number of nitrogens with zero attached hydrogens (tertiary/aromatic N) is 6. The van der Waals surface area contributed by atoms with E-state index in [9.17, 15) is 14.7 Å². The highest BCUT2D eigenvalue weighted by Gasteiger charge is 2.19. The van der Waals surface area contributed by atoms with Crippen LogP contribution in [-0.2, 0) is 14.1 Å². The van der Waals surface area contributed by atoms with Gasteiger partial charge in [0.1, 0.15) is 17.1 Å². The standard InChI is InChI=1S/C27H25N7O4/c1-15(2)31-27-29-13-19(25(35)34(27)4)21-6-5-18-20(32-21)7-8-23(24(18)26(36)37)38-17-9-10-28-22(11-17)16-12-30-33(3)14-16/h5-15H,1-4H3,(H,29,31)(H,36,37). The lowest BCUT2D eigenvalue weighted by Crippen LogP contribution is -2.25. The van der Waals surface area contributed by atoms with Gasteiger partial charge in [-0.25, -0.2) is 14.8 Å². The van der Waals surface area contributed by atoms with Gasteiger partial charge < -0.3 is 15.2 Å². The lowest BCUT2D eigenvalue weighted by molar-refractivity contribution is 0.0696. The molecule has 11 heteroatoms. The van der Waals surface area contributed by atoms with E-state index in [0.29, 0.717) is 39.6 Å². The highest BCUT2D eigenvalue weighted by Crippen LogP contribution is 2.33. The smallest absolute Gasteiger partial charge is 0.340 e. The molecule has 11 nitrogen and oxygen atoms in total. The molecule has 0 saturated carbocycles. The molecular weight excluding hydrogens is 486 g/mol. The van der Waals surface area contributed by atoms with Crippen molar-refractivity contribution in [2.45, 2.75) is 19.9 Å². The predicted octanol–water partition coefficient (Wildman–Crippen LogP) is 4.10. The molecule has 4 aromatic heterocycles. The Morgan fingerprint density at radius 3 is 2.58 bits per heavy atom. The monoisotopic (exact) mass is 511 g/mol. The van der Waals surface area contributed by atoms with E-state index < -0.39 is 5.97 Å². The Bertz CT molecular complexity index is 1740. The summed E-state index contributed by atoms with van der Waals surface area (Å²) in [4.78, 5) is 38.6. The second-order valence-electron chi connectivity index (χ2n) is 9.05. The van der Waals surface area contributed by atoms with E-state index in [1.54, 1.807) is 60.5 Å². The summed E-state index contributed by atoms with van der Waals surface area (Å²) in [6, 6.07) is 9.93. The number of anilines is 1. The number of aryl methyl sites for hydroxylation is 1. The first-order valence-corrected chi connectivity index (χ1v) is 11.8. The molecule has 0 aliphatic heterocycles. The van der Waals surface area contributed by atoms with E-state index in [1.165, 1.54) is 10.8 Å². The molecule has 0 aliphatic rings. The first kappa shape index (κ1) is 24.6. The molecule has 1 aromatic carbocycles. The van der Waals surface area contributed by atoms with Gasteiger partial charge in [-0.1, -0.05) is 0 Å². The molecule has 0 unspecified atom stereocenters. The molecule has 4 heterocycles. The first-order valence-electron chi connectivity index (χ1n) is 11.8. The van der Waals surface area contributed by atoms with Gasteiger partial charge in [0.25, 0.3) is 5.56 Å². The largest absolute Gasteiger partial charge is 0.478 e. The number of aromatic nitrogens is 6. The highest BCUT2D eigenvalue weighted by molar-refractivity contribution is 6.05. The van der Waals surface area contributed by atoms with Gasteiger partial charge in [0, 0.05) is 55.7 Å². The summed E-state index contributed by atoms with van der Waals surface area (Å²) in [6.45, 7) is 3.91. The molecule has 2 N–H and O–H groups in total. The maximum atomic E-state index is 13.0. The summed E-state index contributed by atoms with van der Waals surface area (Å²) in [7, 11) is 3.45. The molecule has 0 amide bonds. The quantitative estimate of drug-likeness (QED) is 0.331. The molecule has 0 fully saturated rings. The summed E-state index contributed by atoms with van der Waals surface area (Å²) in [6.07, 6.45) is 6.57. The van der Waals surface area contributed by atoms with Crippen molar-refractivity contribution in [1.82, 2.24) is 29.3 Å². The number of fused-ring (bicyclic) bond motifs is 1. The third kappa shape index (κ3) is 4.69. The Hall–Kier alpha value is -5.06. The van der Waals surface area contributed by atoms with Gasteiger partial charge in [-0.15, -0.1) is 0 Å². The molecule has 0 radical (unpaired) electrons. The highest BCUT2D eigenvalue weighted by atomic mass is 16.5. The van der Waals surface area contributed by atoms with E-state index in [2.05, 4.69) is 25.4 Å². The van der Waals surface area contributed by atoms with E-state index in [0.717, 1.165) is 5.56 Å². The lowest BCUT2D eigenvalue weighted by atomic mass is 10.1. The van der Waals surface area contributed by atoms with E-state index >= 15 is 0 Å². The summed E-state index contributed by atoms with van der Waals surface area (Å²) in [5.41, 5.74) is 2.25. The van der Waals surface area contributed by atoms with Gasteiger partial charge in [0.2, 0.25) is 5.95 Å². The zero-order chi connectivity index (χ0) is 27.0. The van der Waals surface area contributed by atoms with Crippen LogP contribution in [0, 0.1) is 0 Å². The maximum absolute atomic E-state index is 13.0. The van der Waals surface area contributed by atoms with Crippen LogP contribution < -0.4 is 15.6 Å². The fourth-order valence-electron chi connectivity index (χ4n) is 4.07. The van der Waals surface area contributed by atoms with Crippen LogP contribution in [0.1, 0.15) is 24.2 Å². The third-order valence-corrected chi connectivity index (χ3v) is 5.87. The van der Waals surface area contributed by atoms with Crippen LogP contribution in [0.2, 0.25) is 0 Å². The van der Waals surface area contributed by atoms with Crippen LogP contribution in [0.3, 0.4) is 0 Å². The van der Waals surface area contributed by atoms with Crippen molar-refractivity contribution < 1.29 is 14.6 Å². The van der Waals surface area contributed by atoms with Crippen molar-refractivity contribution >= 4 is 22.8 Å². The summed E-state index contributed by atoms with van der Waals surface area (Å²) < 4.78 is 9.09. The zero-order valence-electron chi connectivity index (χ0n) is 21.2. The van der Waals surface area contributed by atoms with Crippen LogP contribution in [0.15, 0.2) is 66.0 Å². The Morgan fingerprint density at radius 1 is 1.05 bits per heavy atom. The minimum atomic E-state index is -1.16. The van der Waals surface area contributed by atoms with Crippen molar-refractivity contribution in [3.05, 3.63) is 77.1 Å². The summed E-state index contributed by atoms with van der Waals surface area (Å²) in [5, 5.41) is 17.7. The van der Waals surface area contributed by atoms with Crippen LogP contribution in [-0.4, -0.2) is 46.4 Å². The van der Waals surface area contributed by atoms with Crippen LogP contribution in [0.4, 0.5) is 5.95 Å². The average Bonchev–Trinajstić information content (AvgIpc) is 3.32. The second-order valence-corrected chi connectivity index (χ2v) is 9.05. The maximum Gasteiger partial charge on any atom is 0.340 e. The van der Waals surface area contributed by atoms with E-state index in [1.807, 2.05) is 27.1 Å². The summed E-state index contributed by atoms with van der Waals surface area (Å²) >= 11 is 0.